The van der Waals surface area contributed by atoms with Gasteiger partial charge in [-0.3, -0.25) is 0 Å². The van der Waals surface area contributed by atoms with Crippen LogP contribution in [0.2, 0.25) is 0 Å². The van der Waals surface area contributed by atoms with Gasteiger partial charge in [-0.05, 0) is 107 Å². The average Bonchev–Trinajstić information content (AvgIpc) is 3.28. The maximum atomic E-state index is 2.56. The Hall–Kier alpha value is -3.84. The summed E-state index contributed by atoms with van der Waals surface area (Å²) in [6, 6.07) is 43.1. The van der Waals surface area contributed by atoms with Crippen molar-refractivity contribution in [1.82, 2.24) is 0 Å². The summed E-state index contributed by atoms with van der Waals surface area (Å²) in [6.45, 7) is 5.05. The highest BCUT2D eigenvalue weighted by Gasteiger charge is 2.56. The van der Waals surface area contributed by atoms with Crippen LogP contribution < -0.4 is 4.90 Å². The molecule has 0 N–H and O–H groups in total. The van der Waals surface area contributed by atoms with Crippen LogP contribution in [0.25, 0.3) is 21.9 Å². The molecule has 0 radical (unpaired) electrons. The molecule has 0 amide bonds. The van der Waals surface area contributed by atoms with Gasteiger partial charge >= 0.3 is 0 Å². The van der Waals surface area contributed by atoms with Crippen LogP contribution in [0.4, 0.5) is 17.1 Å². The molecule has 5 aromatic carbocycles. The Morgan fingerprint density at radius 1 is 0.600 bits per heavy atom. The van der Waals surface area contributed by atoms with Gasteiger partial charge in [0.1, 0.15) is 0 Å². The van der Waals surface area contributed by atoms with Crippen LogP contribution >= 0.6 is 0 Å². The van der Waals surface area contributed by atoms with Gasteiger partial charge in [0.15, 0.2) is 0 Å². The van der Waals surface area contributed by atoms with Crippen LogP contribution in [0.5, 0.6) is 0 Å². The van der Waals surface area contributed by atoms with Crippen molar-refractivity contribution in [2.45, 2.75) is 44.9 Å². The Morgan fingerprint density at radius 3 is 2.25 bits per heavy atom. The molecule has 3 aliphatic rings. The molecule has 0 heterocycles. The smallest absolute Gasteiger partial charge is 0.0540 e. The zero-order valence-electron chi connectivity index (χ0n) is 23.6. The van der Waals surface area contributed by atoms with Gasteiger partial charge in [0.2, 0.25) is 0 Å². The molecule has 1 spiro atoms. The van der Waals surface area contributed by atoms with Gasteiger partial charge in [-0.15, -0.1) is 0 Å². The normalized spacial score (nSPS) is 26.4. The largest absolute Gasteiger partial charge is 0.310 e. The summed E-state index contributed by atoms with van der Waals surface area (Å²) < 4.78 is 0. The molecule has 0 aromatic heterocycles. The molecule has 2 fully saturated rings. The zero-order valence-corrected chi connectivity index (χ0v) is 23.6. The third-order valence-electron chi connectivity index (χ3n) is 10.5. The van der Waals surface area contributed by atoms with E-state index < -0.39 is 0 Å². The maximum absolute atomic E-state index is 2.56. The molecule has 3 aliphatic carbocycles. The van der Waals surface area contributed by atoms with Gasteiger partial charge in [0, 0.05) is 22.2 Å². The first kappa shape index (κ1) is 24.0. The Bertz CT molecular complexity index is 1710. The Morgan fingerprint density at radius 2 is 1.35 bits per heavy atom. The van der Waals surface area contributed by atoms with E-state index >= 15 is 0 Å². The van der Waals surface area contributed by atoms with Gasteiger partial charge in [-0.2, -0.15) is 0 Å². The number of rotatable bonds is 3. The van der Waals surface area contributed by atoms with Crippen molar-refractivity contribution in [3.63, 3.8) is 0 Å². The third kappa shape index (κ3) is 3.40. The second-order valence-corrected chi connectivity index (χ2v) is 12.8. The van der Waals surface area contributed by atoms with E-state index in [1.807, 2.05) is 0 Å². The molecule has 1 heteroatoms. The molecule has 5 aromatic rings. The highest BCUT2D eigenvalue weighted by molar-refractivity contribution is 5.99. The van der Waals surface area contributed by atoms with E-state index in [1.165, 1.54) is 64.6 Å². The molecule has 5 unspecified atom stereocenters. The van der Waals surface area contributed by atoms with Crippen LogP contribution in [0.1, 0.15) is 50.7 Å². The molecule has 40 heavy (non-hydrogen) atoms. The molecule has 2 bridgehead atoms. The lowest BCUT2D eigenvalue weighted by atomic mass is 9.49. The summed E-state index contributed by atoms with van der Waals surface area (Å²) in [6.07, 6.45) is 5.50. The molecule has 0 saturated heterocycles. The van der Waals surface area contributed by atoms with Crippen molar-refractivity contribution < 1.29 is 0 Å². The minimum atomic E-state index is 0.132. The number of hydrogen-bond donors (Lipinski definition) is 0. The predicted molar refractivity (Wildman–Crippen MR) is 169 cm³/mol. The van der Waals surface area contributed by atoms with E-state index in [2.05, 4.69) is 134 Å². The lowest BCUT2D eigenvalue weighted by molar-refractivity contribution is 0.0426. The molecule has 2 saturated carbocycles. The fourth-order valence-corrected chi connectivity index (χ4v) is 9.26. The number of hydrogen-bond acceptors (Lipinski definition) is 1. The lowest BCUT2D eigenvalue weighted by Gasteiger charge is -2.54. The van der Waals surface area contributed by atoms with Crippen molar-refractivity contribution in [3.8, 4) is 11.1 Å². The van der Waals surface area contributed by atoms with E-state index in [0.717, 1.165) is 17.8 Å². The first-order valence-electron chi connectivity index (χ1n) is 15.2. The minimum absolute atomic E-state index is 0.132. The summed E-state index contributed by atoms with van der Waals surface area (Å²) >= 11 is 0. The molecular formula is C39H37N. The number of para-hydroxylation sites is 1. The van der Waals surface area contributed by atoms with E-state index in [4.69, 9.17) is 0 Å². The van der Waals surface area contributed by atoms with Crippen molar-refractivity contribution in [2.75, 3.05) is 4.90 Å². The van der Waals surface area contributed by atoms with E-state index in [-0.39, 0.29) is 5.41 Å². The van der Waals surface area contributed by atoms with Crippen LogP contribution in [0.15, 0.2) is 115 Å². The van der Waals surface area contributed by atoms with Gasteiger partial charge < -0.3 is 4.90 Å². The molecule has 1 nitrogen and oxygen atoms in total. The van der Waals surface area contributed by atoms with Gasteiger partial charge in [-0.1, -0.05) is 98.8 Å². The van der Waals surface area contributed by atoms with Gasteiger partial charge in [-0.25, -0.2) is 0 Å². The van der Waals surface area contributed by atoms with Crippen molar-refractivity contribution >= 4 is 27.8 Å². The maximum Gasteiger partial charge on any atom is 0.0540 e. The second kappa shape index (κ2) is 9.10. The zero-order chi connectivity index (χ0) is 26.8. The van der Waals surface area contributed by atoms with Crippen molar-refractivity contribution in [2.24, 2.45) is 23.7 Å². The standard InChI is InChI=1S/C39H37N/c1-26-21-28-23-27(2)39(30(22-26)24-28)36-17-9-8-16-34(36)35-25-32(19-20-37(35)39)40(31-13-4-3-5-14-31)38-18-10-12-29-11-6-7-15-33(29)38/h3-20,25-28,30H,21-24H2,1-2H3. The first-order valence-corrected chi connectivity index (χ1v) is 15.2. The minimum Gasteiger partial charge on any atom is -0.310 e. The molecular weight excluding hydrogens is 482 g/mol. The number of anilines is 3. The van der Waals surface area contributed by atoms with Crippen LogP contribution in [-0.4, -0.2) is 0 Å². The summed E-state index contributed by atoms with van der Waals surface area (Å²) in [5, 5.41) is 2.54. The Labute approximate surface area is 238 Å². The average molecular weight is 520 g/mol. The van der Waals surface area contributed by atoms with Crippen molar-refractivity contribution in [1.29, 1.82) is 0 Å². The summed E-state index contributed by atoms with van der Waals surface area (Å²) in [7, 11) is 0. The lowest BCUT2D eigenvalue weighted by Crippen LogP contribution is -2.49. The van der Waals surface area contributed by atoms with E-state index in [9.17, 15) is 0 Å². The summed E-state index contributed by atoms with van der Waals surface area (Å²) in [5.41, 5.74) is 9.83. The van der Waals surface area contributed by atoms with Gasteiger partial charge in [0.25, 0.3) is 0 Å². The number of benzene rings is 5. The fourth-order valence-electron chi connectivity index (χ4n) is 9.26. The summed E-state index contributed by atoms with van der Waals surface area (Å²) in [5.74, 6) is 3.09. The van der Waals surface area contributed by atoms with Gasteiger partial charge in [0.05, 0.1) is 5.69 Å². The van der Waals surface area contributed by atoms with Crippen LogP contribution in [0.3, 0.4) is 0 Å². The summed E-state index contributed by atoms with van der Waals surface area (Å²) in [4.78, 5) is 2.46. The monoisotopic (exact) mass is 519 g/mol. The highest BCUT2D eigenvalue weighted by atomic mass is 15.1. The SMILES string of the molecule is CC1CC2CC(C)C3(c4ccccc4-c4cc(N(c5ccccc5)c5cccc6ccccc56)ccc43)C(C1)C2. The second-order valence-electron chi connectivity index (χ2n) is 12.8. The van der Waals surface area contributed by atoms with E-state index in [1.54, 1.807) is 11.1 Å². The highest BCUT2D eigenvalue weighted by Crippen LogP contribution is 2.64. The first-order chi connectivity index (χ1) is 19.6. The number of nitrogens with zero attached hydrogens (tertiary/aromatic N) is 1. The van der Waals surface area contributed by atoms with Crippen LogP contribution in [-0.2, 0) is 5.41 Å². The molecule has 8 rings (SSSR count). The fraction of sp³-hybridized carbons (Fsp3) is 0.282. The van der Waals surface area contributed by atoms with Crippen LogP contribution in [0, 0.1) is 23.7 Å². The third-order valence-corrected chi connectivity index (χ3v) is 10.5. The molecule has 0 aliphatic heterocycles. The van der Waals surface area contributed by atoms with E-state index in [0.29, 0.717) is 5.92 Å². The molecule has 5 atom stereocenters. The number of fused-ring (bicyclic) bond motifs is 9. The molecule has 198 valence electrons. The predicted octanol–water partition coefficient (Wildman–Crippen LogP) is 10.7. The quantitative estimate of drug-likeness (QED) is 0.229. The Balaban J connectivity index is 1.36. The van der Waals surface area contributed by atoms with Crippen molar-refractivity contribution in [3.05, 3.63) is 126 Å². The topological polar surface area (TPSA) is 3.24 Å². The Kier molecular flexibility index (Phi) is 5.46.